The van der Waals surface area contributed by atoms with Gasteiger partial charge in [-0.2, -0.15) is 0 Å². The van der Waals surface area contributed by atoms with Crippen molar-refractivity contribution in [3.63, 3.8) is 0 Å². The fourth-order valence-corrected chi connectivity index (χ4v) is 1.91. The van der Waals surface area contributed by atoms with Gasteiger partial charge in [0, 0.05) is 32.9 Å². The van der Waals surface area contributed by atoms with E-state index in [0.717, 1.165) is 43.8 Å². The molecule has 0 unspecified atom stereocenters. The first kappa shape index (κ1) is 17.6. The van der Waals surface area contributed by atoms with E-state index in [4.69, 9.17) is 9.47 Å². The number of hydrogen-bond acceptors (Lipinski definition) is 4. The van der Waals surface area contributed by atoms with Crippen LogP contribution in [0.4, 0.5) is 5.69 Å². The number of carbonyl (C=O) groups excluding carboxylic acids is 1. The number of unbranched alkanes of at least 4 members (excludes halogenated alkanes) is 1. The van der Waals surface area contributed by atoms with Crippen molar-refractivity contribution in [1.82, 2.24) is 5.32 Å². The Kier molecular flexibility index (Phi) is 9.44. The number of methoxy groups -OCH3 is 1. The van der Waals surface area contributed by atoms with Gasteiger partial charge in [-0.3, -0.25) is 4.79 Å². The van der Waals surface area contributed by atoms with Crippen LogP contribution in [0.1, 0.15) is 25.3 Å². The largest absolute Gasteiger partial charge is 0.382 e. The number of nitrogens with one attached hydrogen (secondary N) is 2. The van der Waals surface area contributed by atoms with E-state index in [9.17, 15) is 4.79 Å². The van der Waals surface area contributed by atoms with Crippen LogP contribution in [0.25, 0.3) is 0 Å². The molecule has 0 radical (unpaired) electrons. The molecule has 0 fully saturated rings. The van der Waals surface area contributed by atoms with Crippen LogP contribution in [0.2, 0.25) is 0 Å². The van der Waals surface area contributed by atoms with Crippen LogP contribution in [0.15, 0.2) is 24.3 Å². The Morgan fingerprint density at radius 3 is 2.71 bits per heavy atom. The number of anilines is 1. The van der Waals surface area contributed by atoms with E-state index in [1.807, 2.05) is 24.3 Å². The summed E-state index contributed by atoms with van der Waals surface area (Å²) in [6.07, 6.45) is 2.10. The Morgan fingerprint density at radius 2 is 1.95 bits per heavy atom. The maximum absolute atomic E-state index is 11.1. The Morgan fingerprint density at radius 1 is 1.14 bits per heavy atom. The summed E-state index contributed by atoms with van der Waals surface area (Å²) in [5, 5.41) is 6.23. The highest BCUT2D eigenvalue weighted by Gasteiger charge is 2.02. The zero-order valence-electron chi connectivity index (χ0n) is 13.0. The molecule has 5 heteroatoms. The maximum atomic E-state index is 11.1. The molecule has 118 valence electrons. The number of hydrogen-bond donors (Lipinski definition) is 2. The minimum atomic E-state index is -0.0457. The van der Waals surface area contributed by atoms with Crippen molar-refractivity contribution in [3.05, 3.63) is 29.8 Å². The van der Waals surface area contributed by atoms with Crippen molar-refractivity contribution in [1.29, 1.82) is 0 Å². The smallest absolute Gasteiger partial charge is 0.221 e. The normalized spacial score (nSPS) is 10.6. The molecule has 1 amide bonds. The van der Waals surface area contributed by atoms with Gasteiger partial charge in [0.15, 0.2) is 0 Å². The molecule has 0 atom stereocenters. The Balaban J connectivity index is 2.14. The van der Waals surface area contributed by atoms with Crippen LogP contribution < -0.4 is 10.6 Å². The zero-order chi connectivity index (χ0) is 15.3. The lowest BCUT2D eigenvalue weighted by Gasteiger charge is -2.11. The quantitative estimate of drug-likeness (QED) is 0.614. The van der Waals surface area contributed by atoms with E-state index >= 15 is 0 Å². The third kappa shape index (κ3) is 8.45. The van der Waals surface area contributed by atoms with Gasteiger partial charge in [-0.05, 0) is 31.0 Å². The fraction of sp³-hybridized carbons (Fsp3) is 0.562. The summed E-state index contributed by atoms with van der Waals surface area (Å²) >= 11 is 0. The second kappa shape index (κ2) is 11.3. The molecule has 0 aromatic heterocycles. The molecule has 0 aliphatic heterocycles. The first-order valence-electron chi connectivity index (χ1n) is 7.37. The van der Waals surface area contributed by atoms with Crippen molar-refractivity contribution in [3.8, 4) is 0 Å². The molecule has 0 saturated heterocycles. The molecule has 0 aliphatic carbocycles. The lowest BCUT2D eigenvalue weighted by Crippen LogP contribution is -2.17. The maximum Gasteiger partial charge on any atom is 0.221 e. The van der Waals surface area contributed by atoms with E-state index in [1.165, 1.54) is 6.92 Å². The zero-order valence-corrected chi connectivity index (χ0v) is 13.0. The van der Waals surface area contributed by atoms with Gasteiger partial charge >= 0.3 is 0 Å². The Hall–Kier alpha value is -1.43. The first-order valence-corrected chi connectivity index (χ1v) is 7.37. The minimum Gasteiger partial charge on any atom is -0.382 e. The molecule has 1 aromatic rings. The van der Waals surface area contributed by atoms with Gasteiger partial charge in [-0.15, -0.1) is 0 Å². The van der Waals surface area contributed by atoms with Gasteiger partial charge in [0.1, 0.15) is 0 Å². The molecular weight excluding hydrogens is 268 g/mol. The lowest BCUT2D eigenvalue weighted by molar-refractivity contribution is -0.114. The molecular formula is C16H26N2O3. The number of para-hydroxylation sites is 1. The highest BCUT2D eigenvalue weighted by atomic mass is 16.5. The van der Waals surface area contributed by atoms with Gasteiger partial charge in [0.25, 0.3) is 0 Å². The van der Waals surface area contributed by atoms with Crippen LogP contribution in [-0.4, -0.2) is 39.4 Å². The predicted molar refractivity (Wildman–Crippen MR) is 84.4 cm³/mol. The van der Waals surface area contributed by atoms with Crippen molar-refractivity contribution < 1.29 is 14.3 Å². The van der Waals surface area contributed by atoms with Gasteiger partial charge in [-0.1, -0.05) is 18.2 Å². The highest BCUT2D eigenvalue weighted by Crippen LogP contribution is 2.14. The second-order valence-corrected chi connectivity index (χ2v) is 4.83. The standard InChI is InChI=1S/C16H26N2O3/c1-14(19)18-16-8-4-3-7-15(16)13-17-9-5-6-10-21-12-11-20-2/h3-4,7-8,17H,5-6,9-13H2,1-2H3,(H,18,19). The van der Waals surface area contributed by atoms with E-state index in [1.54, 1.807) is 7.11 Å². The summed E-state index contributed by atoms with van der Waals surface area (Å²) in [7, 11) is 1.67. The third-order valence-electron chi connectivity index (χ3n) is 2.97. The Bertz CT molecular complexity index is 410. The molecule has 0 saturated carbocycles. The summed E-state index contributed by atoms with van der Waals surface area (Å²) in [6.45, 7) is 5.29. The van der Waals surface area contributed by atoms with Crippen molar-refractivity contribution in [2.24, 2.45) is 0 Å². The number of rotatable bonds is 11. The van der Waals surface area contributed by atoms with Crippen molar-refractivity contribution >= 4 is 11.6 Å². The van der Waals surface area contributed by atoms with Crippen LogP contribution in [0.5, 0.6) is 0 Å². The molecule has 0 bridgehead atoms. The van der Waals surface area contributed by atoms with Gasteiger partial charge in [0.05, 0.1) is 13.2 Å². The molecule has 5 nitrogen and oxygen atoms in total. The first-order chi connectivity index (χ1) is 10.2. The van der Waals surface area contributed by atoms with Crippen LogP contribution >= 0.6 is 0 Å². The SMILES string of the molecule is COCCOCCCCNCc1ccccc1NC(C)=O. The average Bonchev–Trinajstić information content (AvgIpc) is 2.46. The lowest BCUT2D eigenvalue weighted by atomic mass is 10.1. The number of benzene rings is 1. The minimum absolute atomic E-state index is 0.0457. The molecule has 0 aliphatic rings. The van der Waals surface area contributed by atoms with E-state index in [0.29, 0.717) is 13.2 Å². The summed E-state index contributed by atoms with van der Waals surface area (Å²) in [5.74, 6) is -0.0457. The van der Waals surface area contributed by atoms with Crippen LogP contribution in [0, 0.1) is 0 Å². The molecule has 0 heterocycles. The average molecular weight is 294 g/mol. The van der Waals surface area contributed by atoms with Gasteiger partial charge in [0.2, 0.25) is 5.91 Å². The molecule has 1 rings (SSSR count). The van der Waals surface area contributed by atoms with Crippen molar-refractivity contribution in [2.75, 3.05) is 38.8 Å². The highest BCUT2D eigenvalue weighted by molar-refractivity contribution is 5.89. The fourth-order valence-electron chi connectivity index (χ4n) is 1.91. The number of ether oxygens (including phenoxy) is 2. The summed E-state index contributed by atoms with van der Waals surface area (Å²) < 4.78 is 10.3. The summed E-state index contributed by atoms with van der Waals surface area (Å²) in [4.78, 5) is 11.1. The van der Waals surface area contributed by atoms with Crippen LogP contribution in [0.3, 0.4) is 0 Å². The molecule has 1 aromatic carbocycles. The Labute approximate surface area is 127 Å². The third-order valence-corrected chi connectivity index (χ3v) is 2.97. The van der Waals surface area contributed by atoms with Gasteiger partial charge in [-0.25, -0.2) is 0 Å². The number of carbonyl (C=O) groups is 1. The summed E-state index contributed by atoms with van der Waals surface area (Å²) in [6, 6.07) is 7.84. The van der Waals surface area contributed by atoms with Crippen LogP contribution in [-0.2, 0) is 20.8 Å². The van der Waals surface area contributed by atoms with Gasteiger partial charge < -0.3 is 20.1 Å². The summed E-state index contributed by atoms with van der Waals surface area (Å²) in [5.41, 5.74) is 1.98. The molecule has 0 spiro atoms. The van der Waals surface area contributed by atoms with E-state index < -0.39 is 0 Å². The van der Waals surface area contributed by atoms with Crippen molar-refractivity contribution in [2.45, 2.75) is 26.3 Å². The molecule has 2 N–H and O–H groups in total. The second-order valence-electron chi connectivity index (χ2n) is 4.83. The van der Waals surface area contributed by atoms with E-state index in [-0.39, 0.29) is 5.91 Å². The monoisotopic (exact) mass is 294 g/mol. The van der Waals surface area contributed by atoms with E-state index in [2.05, 4.69) is 10.6 Å². The number of amides is 1. The topological polar surface area (TPSA) is 59.6 Å². The predicted octanol–water partition coefficient (Wildman–Crippen LogP) is 2.18. The molecule has 21 heavy (non-hydrogen) atoms.